The highest BCUT2D eigenvalue weighted by atomic mass is 32.2. The first-order chi connectivity index (χ1) is 12.2. The van der Waals surface area contributed by atoms with Crippen molar-refractivity contribution in [3.63, 3.8) is 0 Å². The molecule has 3 rings (SSSR count). The number of nitrogens with zero attached hydrogens (tertiary/aromatic N) is 1. The topological polar surface area (TPSA) is 51.2 Å². The number of amides is 1. The zero-order chi connectivity index (χ0) is 17.5. The van der Waals surface area contributed by atoms with Gasteiger partial charge in [-0.25, -0.2) is 4.98 Å². The van der Waals surface area contributed by atoms with E-state index in [2.05, 4.69) is 16.4 Å². The van der Waals surface area contributed by atoms with E-state index in [1.165, 1.54) is 16.5 Å². The Balaban J connectivity index is 1.40. The molecule has 1 aromatic heterocycles. The van der Waals surface area contributed by atoms with Gasteiger partial charge in [-0.15, -0.1) is 23.1 Å². The van der Waals surface area contributed by atoms with Crippen LogP contribution in [0.1, 0.15) is 11.9 Å². The summed E-state index contributed by atoms with van der Waals surface area (Å²) in [5.41, 5.74) is 1.03. The van der Waals surface area contributed by atoms with Gasteiger partial charge in [0.1, 0.15) is 5.75 Å². The second kappa shape index (κ2) is 8.87. The molecular formula is C19H20N2O2S2. The molecule has 6 heteroatoms. The normalized spacial score (nSPS) is 10.8. The lowest BCUT2D eigenvalue weighted by Crippen LogP contribution is -2.27. The molecule has 0 saturated heterocycles. The van der Waals surface area contributed by atoms with Crippen molar-refractivity contribution in [1.29, 1.82) is 0 Å². The maximum absolute atomic E-state index is 12.0. The summed E-state index contributed by atoms with van der Waals surface area (Å²) in [6, 6.07) is 15.9. The van der Waals surface area contributed by atoms with Gasteiger partial charge < -0.3 is 10.1 Å². The van der Waals surface area contributed by atoms with E-state index < -0.39 is 0 Å². The van der Waals surface area contributed by atoms with Gasteiger partial charge in [-0.2, -0.15) is 0 Å². The molecule has 1 heterocycles. The molecule has 3 aromatic rings. The number of rotatable bonds is 8. The van der Waals surface area contributed by atoms with E-state index in [1.807, 2.05) is 49.4 Å². The fraction of sp³-hybridized carbons (Fsp3) is 0.263. The summed E-state index contributed by atoms with van der Waals surface area (Å²) < 4.78 is 6.60. The van der Waals surface area contributed by atoms with Crippen LogP contribution < -0.4 is 10.1 Å². The number of fused-ring (bicyclic) bond motifs is 1. The van der Waals surface area contributed by atoms with Crippen LogP contribution in [0.3, 0.4) is 0 Å². The largest absolute Gasteiger partial charge is 0.494 e. The SMILES string of the molecule is CCOc1ccc(SCC(=O)NCCc2nc3ccccc3s2)cc1. The van der Waals surface area contributed by atoms with Crippen LogP contribution in [0.2, 0.25) is 0 Å². The van der Waals surface area contributed by atoms with Crippen molar-refractivity contribution in [2.24, 2.45) is 0 Å². The maximum Gasteiger partial charge on any atom is 0.230 e. The quantitative estimate of drug-likeness (QED) is 0.604. The molecule has 0 aliphatic rings. The van der Waals surface area contributed by atoms with Gasteiger partial charge in [-0.3, -0.25) is 4.79 Å². The monoisotopic (exact) mass is 372 g/mol. The van der Waals surface area contributed by atoms with Crippen LogP contribution in [0.5, 0.6) is 5.75 Å². The van der Waals surface area contributed by atoms with Crippen LogP contribution in [-0.2, 0) is 11.2 Å². The van der Waals surface area contributed by atoms with E-state index in [-0.39, 0.29) is 5.91 Å². The van der Waals surface area contributed by atoms with E-state index >= 15 is 0 Å². The molecule has 4 nitrogen and oxygen atoms in total. The second-order valence-corrected chi connectivity index (χ2v) is 7.53. The first-order valence-corrected chi connectivity index (χ1v) is 10.0. The number of hydrogen-bond acceptors (Lipinski definition) is 5. The lowest BCUT2D eigenvalue weighted by atomic mass is 10.3. The van der Waals surface area contributed by atoms with Crippen molar-refractivity contribution >= 4 is 39.2 Å². The molecule has 0 aliphatic heterocycles. The molecule has 0 spiro atoms. The molecule has 2 aromatic carbocycles. The maximum atomic E-state index is 12.0. The third kappa shape index (κ3) is 5.21. The number of para-hydroxylation sites is 1. The lowest BCUT2D eigenvalue weighted by molar-refractivity contribution is -0.118. The molecule has 1 N–H and O–H groups in total. The van der Waals surface area contributed by atoms with E-state index in [4.69, 9.17) is 4.74 Å². The average molecular weight is 373 g/mol. The Hall–Kier alpha value is -2.05. The summed E-state index contributed by atoms with van der Waals surface area (Å²) in [4.78, 5) is 17.6. The molecule has 0 aliphatic carbocycles. The third-order valence-corrected chi connectivity index (χ3v) is 5.61. The summed E-state index contributed by atoms with van der Waals surface area (Å²) in [7, 11) is 0. The van der Waals surface area contributed by atoms with E-state index in [0.717, 1.165) is 27.6 Å². The Morgan fingerprint density at radius 2 is 2.00 bits per heavy atom. The summed E-state index contributed by atoms with van der Waals surface area (Å²) in [6.07, 6.45) is 0.763. The minimum Gasteiger partial charge on any atom is -0.494 e. The molecule has 25 heavy (non-hydrogen) atoms. The Morgan fingerprint density at radius 3 is 2.76 bits per heavy atom. The number of thiazole rings is 1. The molecule has 0 radical (unpaired) electrons. The number of benzene rings is 2. The summed E-state index contributed by atoms with van der Waals surface area (Å²) in [5.74, 6) is 1.31. The average Bonchev–Trinajstić information content (AvgIpc) is 3.04. The molecule has 0 unspecified atom stereocenters. The predicted octanol–water partition coefficient (Wildman–Crippen LogP) is 4.15. The van der Waals surface area contributed by atoms with Crippen LogP contribution in [0.4, 0.5) is 0 Å². The number of carbonyl (C=O) groups is 1. The van der Waals surface area contributed by atoms with Gasteiger partial charge in [0.15, 0.2) is 0 Å². The van der Waals surface area contributed by atoms with Crippen LogP contribution in [0.25, 0.3) is 10.2 Å². The summed E-state index contributed by atoms with van der Waals surface area (Å²) >= 11 is 3.21. The number of ether oxygens (including phenoxy) is 1. The Morgan fingerprint density at radius 1 is 1.20 bits per heavy atom. The molecule has 130 valence electrons. The fourth-order valence-electron chi connectivity index (χ4n) is 2.33. The Labute approximate surface area is 155 Å². The van der Waals surface area contributed by atoms with Gasteiger partial charge in [0.25, 0.3) is 0 Å². The summed E-state index contributed by atoms with van der Waals surface area (Å²) in [6.45, 7) is 3.23. The van der Waals surface area contributed by atoms with E-state index in [1.54, 1.807) is 11.3 Å². The van der Waals surface area contributed by atoms with Gasteiger partial charge in [0, 0.05) is 17.9 Å². The zero-order valence-electron chi connectivity index (χ0n) is 14.0. The van der Waals surface area contributed by atoms with Crippen molar-refractivity contribution in [1.82, 2.24) is 10.3 Å². The Bertz CT molecular complexity index is 798. The molecular weight excluding hydrogens is 352 g/mol. The number of aromatic nitrogens is 1. The van der Waals surface area contributed by atoms with Crippen molar-refractivity contribution < 1.29 is 9.53 Å². The first-order valence-electron chi connectivity index (χ1n) is 8.21. The molecule has 0 saturated carbocycles. The van der Waals surface area contributed by atoms with Gasteiger partial charge in [-0.05, 0) is 43.3 Å². The molecule has 0 fully saturated rings. The predicted molar refractivity (Wildman–Crippen MR) is 105 cm³/mol. The zero-order valence-corrected chi connectivity index (χ0v) is 15.7. The number of thioether (sulfide) groups is 1. The van der Waals surface area contributed by atoms with Crippen molar-refractivity contribution in [3.8, 4) is 5.75 Å². The molecule has 0 bridgehead atoms. The van der Waals surface area contributed by atoms with Gasteiger partial charge in [0.05, 0.1) is 27.6 Å². The Kier molecular flexibility index (Phi) is 6.30. The summed E-state index contributed by atoms with van der Waals surface area (Å²) in [5, 5.41) is 4.02. The van der Waals surface area contributed by atoms with Crippen LogP contribution >= 0.6 is 23.1 Å². The number of hydrogen-bond donors (Lipinski definition) is 1. The van der Waals surface area contributed by atoms with E-state index in [9.17, 15) is 4.79 Å². The van der Waals surface area contributed by atoms with Gasteiger partial charge >= 0.3 is 0 Å². The van der Waals surface area contributed by atoms with Gasteiger partial charge in [0.2, 0.25) is 5.91 Å². The molecule has 1 amide bonds. The van der Waals surface area contributed by atoms with Crippen molar-refractivity contribution in [2.45, 2.75) is 18.2 Å². The number of nitrogens with one attached hydrogen (secondary N) is 1. The minimum atomic E-state index is 0.0417. The minimum absolute atomic E-state index is 0.0417. The highest BCUT2D eigenvalue weighted by Gasteiger charge is 2.06. The van der Waals surface area contributed by atoms with Crippen LogP contribution in [-0.4, -0.2) is 29.8 Å². The smallest absolute Gasteiger partial charge is 0.230 e. The fourth-order valence-corrected chi connectivity index (χ4v) is 4.03. The van der Waals surface area contributed by atoms with Crippen LogP contribution in [0, 0.1) is 0 Å². The highest BCUT2D eigenvalue weighted by molar-refractivity contribution is 8.00. The number of carbonyl (C=O) groups excluding carboxylic acids is 1. The standard InChI is InChI=1S/C19H20N2O2S2/c1-2-23-14-7-9-15(10-8-14)24-13-18(22)20-12-11-19-21-16-5-3-4-6-17(16)25-19/h3-10H,2,11-13H2,1H3,(H,20,22). The van der Waals surface area contributed by atoms with Crippen molar-refractivity contribution in [3.05, 3.63) is 53.5 Å². The van der Waals surface area contributed by atoms with E-state index in [0.29, 0.717) is 18.9 Å². The second-order valence-electron chi connectivity index (χ2n) is 5.37. The van der Waals surface area contributed by atoms with Crippen LogP contribution in [0.15, 0.2) is 53.4 Å². The first kappa shape index (κ1) is 17.8. The lowest BCUT2D eigenvalue weighted by Gasteiger charge is -2.06. The third-order valence-electron chi connectivity index (χ3n) is 3.50. The highest BCUT2D eigenvalue weighted by Crippen LogP contribution is 2.22. The van der Waals surface area contributed by atoms with Gasteiger partial charge in [-0.1, -0.05) is 12.1 Å². The van der Waals surface area contributed by atoms with Crippen molar-refractivity contribution in [2.75, 3.05) is 18.9 Å². The molecule has 0 atom stereocenters.